The van der Waals surface area contributed by atoms with E-state index >= 15 is 0 Å². The van der Waals surface area contributed by atoms with Crippen molar-refractivity contribution < 1.29 is 4.79 Å². The molecule has 0 radical (unpaired) electrons. The zero-order valence-corrected chi connectivity index (χ0v) is 9.96. The van der Waals surface area contributed by atoms with Crippen molar-refractivity contribution >= 4 is 17.4 Å². The van der Waals surface area contributed by atoms with Gasteiger partial charge in [-0.1, -0.05) is 4.49 Å². The van der Waals surface area contributed by atoms with Crippen LogP contribution >= 0.6 is 11.5 Å². The van der Waals surface area contributed by atoms with E-state index in [9.17, 15) is 4.79 Å². The molecule has 2 aliphatic rings. The first-order chi connectivity index (χ1) is 7.75. The van der Waals surface area contributed by atoms with Crippen LogP contribution in [-0.4, -0.2) is 46.6 Å². The third-order valence-corrected chi connectivity index (χ3v) is 4.34. The van der Waals surface area contributed by atoms with E-state index in [0.717, 1.165) is 31.9 Å². The van der Waals surface area contributed by atoms with Crippen LogP contribution in [0.5, 0.6) is 0 Å². The Labute approximate surface area is 98.0 Å². The minimum atomic E-state index is 0.113. The third kappa shape index (κ3) is 1.53. The maximum absolute atomic E-state index is 12.2. The zero-order valence-electron chi connectivity index (χ0n) is 9.14. The van der Waals surface area contributed by atoms with Crippen LogP contribution in [0, 0.1) is 18.8 Å². The van der Waals surface area contributed by atoms with Crippen molar-refractivity contribution in [2.24, 2.45) is 11.8 Å². The molecule has 3 rings (SSSR count). The van der Waals surface area contributed by atoms with Gasteiger partial charge in [-0.05, 0) is 30.3 Å². The Hall–Kier alpha value is -1.01. The number of aryl methyl sites for hydroxylation is 1. The lowest BCUT2D eigenvalue weighted by atomic mass is 10.0. The van der Waals surface area contributed by atoms with Crippen molar-refractivity contribution in [1.29, 1.82) is 0 Å². The van der Waals surface area contributed by atoms with E-state index in [0.29, 0.717) is 16.7 Å². The first kappa shape index (κ1) is 10.2. The van der Waals surface area contributed by atoms with Crippen molar-refractivity contribution in [1.82, 2.24) is 19.8 Å². The first-order valence-electron chi connectivity index (χ1n) is 5.54. The minimum Gasteiger partial charge on any atom is -0.337 e. The molecule has 0 saturated carbocycles. The van der Waals surface area contributed by atoms with E-state index in [4.69, 9.17) is 0 Å². The van der Waals surface area contributed by atoms with Crippen LogP contribution < -0.4 is 5.32 Å². The normalized spacial score (nSPS) is 28.4. The van der Waals surface area contributed by atoms with Gasteiger partial charge in [0, 0.05) is 26.2 Å². The molecular formula is C10H14N4OS. The summed E-state index contributed by atoms with van der Waals surface area (Å²) in [5, 5.41) is 7.26. The van der Waals surface area contributed by atoms with Crippen LogP contribution in [0.3, 0.4) is 0 Å². The topological polar surface area (TPSA) is 58.1 Å². The molecule has 6 heteroatoms. The lowest BCUT2D eigenvalue weighted by Gasteiger charge is -2.16. The number of hydrogen-bond acceptors (Lipinski definition) is 5. The molecule has 2 fully saturated rings. The van der Waals surface area contributed by atoms with Crippen LogP contribution in [-0.2, 0) is 0 Å². The highest BCUT2D eigenvalue weighted by Gasteiger charge is 2.38. The molecule has 0 bridgehead atoms. The van der Waals surface area contributed by atoms with Gasteiger partial charge in [0.2, 0.25) is 0 Å². The van der Waals surface area contributed by atoms with Crippen molar-refractivity contribution in [2.45, 2.75) is 6.92 Å². The Bertz CT molecular complexity index is 407. The Kier molecular flexibility index (Phi) is 2.40. The van der Waals surface area contributed by atoms with Crippen molar-refractivity contribution in [2.75, 3.05) is 26.2 Å². The Balaban J connectivity index is 1.75. The maximum atomic E-state index is 12.2. The number of hydrogen-bond donors (Lipinski definition) is 1. The molecule has 5 nitrogen and oxygen atoms in total. The number of carbonyl (C=O) groups is 1. The summed E-state index contributed by atoms with van der Waals surface area (Å²) in [5.41, 5.74) is 0.755. The number of carbonyl (C=O) groups excluding carboxylic acids is 1. The SMILES string of the molecule is Cc1nnsc1C(=O)N1CC2CNCC2C1. The largest absolute Gasteiger partial charge is 0.337 e. The standard InChI is InChI=1S/C10H14N4OS/c1-6-9(16-13-12-6)10(15)14-4-7-2-11-3-8(7)5-14/h7-8,11H,2-5H2,1H3. The van der Waals surface area contributed by atoms with Crippen molar-refractivity contribution in [3.63, 3.8) is 0 Å². The lowest BCUT2D eigenvalue weighted by molar-refractivity contribution is 0.0785. The zero-order chi connectivity index (χ0) is 11.1. The number of aromatic nitrogens is 2. The fourth-order valence-electron chi connectivity index (χ4n) is 2.59. The van der Waals surface area contributed by atoms with Gasteiger partial charge in [0.25, 0.3) is 5.91 Å². The van der Waals surface area contributed by atoms with Gasteiger partial charge in [-0.2, -0.15) is 0 Å². The van der Waals surface area contributed by atoms with Gasteiger partial charge in [-0.15, -0.1) is 5.10 Å². The fourth-order valence-corrected chi connectivity index (χ4v) is 3.22. The molecule has 16 heavy (non-hydrogen) atoms. The molecule has 1 amide bonds. The molecular weight excluding hydrogens is 224 g/mol. The molecule has 3 heterocycles. The van der Waals surface area contributed by atoms with E-state index < -0.39 is 0 Å². The highest BCUT2D eigenvalue weighted by Crippen LogP contribution is 2.28. The highest BCUT2D eigenvalue weighted by atomic mass is 32.1. The van der Waals surface area contributed by atoms with Crippen LogP contribution in [0.2, 0.25) is 0 Å². The molecule has 2 atom stereocenters. The summed E-state index contributed by atoms with van der Waals surface area (Å²) in [7, 11) is 0. The second-order valence-electron chi connectivity index (χ2n) is 4.58. The Morgan fingerprint density at radius 2 is 2.12 bits per heavy atom. The number of rotatable bonds is 1. The smallest absolute Gasteiger partial charge is 0.267 e. The minimum absolute atomic E-state index is 0.113. The van der Waals surface area contributed by atoms with Gasteiger partial charge in [0.15, 0.2) is 0 Å². The molecule has 0 aliphatic carbocycles. The summed E-state index contributed by atoms with van der Waals surface area (Å²) in [6.07, 6.45) is 0. The molecule has 2 aliphatic heterocycles. The molecule has 1 N–H and O–H groups in total. The Morgan fingerprint density at radius 3 is 2.69 bits per heavy atom. The van der Waals surface area contributed by atoms with E-state index in [1.165, 1.54) is 11.5 Å². The average molecular weight is 238 g/mol. The van der Waals surface area contributed by atoms with Crippen LogP contribution in [0.1, 0.15) is 15.4 Å². The average Bonchev–Trinajstić information content (AvgIpc) is 2.89. The first-order valence-corrected chi connectivity index (χ1v) is 6.32. The second kappa shape index (κ2) is 3.78. The van der Waals surface area contributed by atoms with Gasteiger partial charge in [-0.3, -0.25) is 4.79 Å². The monoisotopic (exact) mass is 238 g/mol. The van der Waals surface area contributed by atoms with Crippen molar-refractivity contribution in [3.05, 3.63) is 10.6 Å². The molecule has 1 aromatic heterocycles. The lowest BCUT2D eigenvalue weighted by Crippen LogP contribution is -2.31. The quantitative estimate of drug-likeness (QED) is 0.756. The van der Waals surface area contributed by atoms with Crippen molar-refractivity contribution in [3.8, 4) is 0 Å². The predicted molar refractivity (Wildman–Crippen MR) is 60.4 cm³/mol. The third-order valence-electron chi connectivity index (χ3n) is 3.52. The summed E-state index contributed by atoms with van der Waals surface area (Å²) < 4.78 is 3.82. The number of fused-ring (bicyclic) bond motifs is 1. The van der Waals surface area contributed by atoms with E-state index in [-0.39, 0.29) is 5.91 Å². The highest BCUT2D eigenvalue weighted by molar-refractivity contribution is 7.07. The number of likely N-dealkylation sites (tertiary alicyclic amines) is 1. The molecule has 2 saturated heterocycles. The molecule has 0 spiro atoms. The van der Waals surface area contributed by atoms with Gasteiger partial charge >= 0.3 is 0 Å². The van der Waals surface area contributed by atoms with Gasteiger partial charge in [-0.25, -0.2) is 0 Å². The molecule has 86 valence electrons. The summed E-state index contributed by atoms with van der Waals surface area (Å²) in [6, 6.07) is 0. The number of nitrogens with one attached hydrogen (secondary N) is 1. The molecule has 2 unspecified atom stereocenters. The fraction of sp³-hybridized carbons (Fsp3) is 0.700. The number of nitrogens with zero attached hydrogens (tertiary/aromatic N) is 3. The summed E-state index contributed by atoms with van der Waals surface area (Å²) in [4.78, 5) is 14.9. The summed E-state index contributed by atoms with van der Waals surface area (Å²) in [6.45, 7) is 5.71. The van der Waals surface area contributed by atoms with E-state index in [1.54, 1.807) is 0 Å². The number of amides is 1. The van der Waals surface area contributed by atoms with E-state index in [1.807, 2.05) is 11.8 Å². The molecule has 1 aromatic rings. The van der Waals surface area contributed by atoms with Crippen LogP contribution in [0.15, 0.2) is 0 Å². The van der Waals surface area contributed by atoms with Crippen LogP contribution in [0.4, 0.5) is 0 Å². The van der Waals surface area contributed by atoms with Crippen LogP contribution in [0.25, 0.3) is 0 Å². The maximum Gasteiger partial charge on any atom is 0.267 e. The van der Waals surface area contributed by atoms with E-state index in [2.05, 4.69) is 14.9 Å². The summed E-state index contributed by atoms with van der Waals surface area (Å²) in [5.74, 6) is 1.40. The molecule has 0 aromatic carbocycles. The van der Waals surface area contributed by atoms with Gasteiger partial charge < -0.3 is 10.2 Å². The van der Waals surface area contributed by atoms with Gasteiger partial charge in [0.1, 0.15) is 4.88 Å². The predicted octanol–water partition coefficient (Wildman–Crippen LogP) is 0.138. The Morgan fingerprint density at radius 1 is 1.44 bits per heavy atom. The summed E-state index contributed by atoms with van der Waals surface area (Å²) >= 11 is 1.20. The van der Waals surface area contributed by atoms with Gasteiger partial charge in [0.05, 0.1) is 5.69 Å². The second-order valence-corrected chi connectivity index (χ2v) is 5.33.